The quantitative estimate of drug-likeness (QED) is 0.810. The summed E-state index contributed by atoms with van der Waals surface area (Å²) in [5, 5.41) is 12.2. The van der Waals surface area contributed by atoms with Crippen molar-refractivity contribution in [3.63, 3.8) is 0 Å². The van der Waals surface area contributed by atoms with Crippen LogP contribution in [0.4, 0.5) is 0 Å². The number of rotatable bonds is 7. The summed E-state index contributed by atoms with van der Waals surface area (Å²) in [6, 6.07) is 9.57. The molecule has 0 spiro atoms. The number of benzene rings is 1. The number of aliphatic carboxylic acids is 1. The zero-order valence-corrected chi connectivity index (χ0v) is 13.6. The van der Waals surface area contributed by atoms with Crippen molar-refractivity contribution in [1.82, 2.24) is 5.32 Å². The van der Waals surface area contributed by atoms with Gasteiger partial charge in [-0.3, -0.25) is 4.79 Å². The molecule has 5 nitrogen and oxygen atoms in total. The van der Waals surface area contributed by atoms with E-state index in [1.165, 1.54) is 0 Å². The first-order valence-corrected chi connectivity index (χ1v) is 8.22. The maximum absolute atomic E-state index is 12.1. The van der Waals surface area contributed by atoms with Crippen LogP contribution in [0.1, 0.15) is 44.6 Å². The third kappa shape index (κ3) is 4.79. The molecular weight excluding hydrogens is 294 g/mol. The Morgan fingerprint density at radius 3 is 2.48 bits per heavy atom. The molecule has 0 radical (unpaired) electrons. The van der Waals surface area contributed by atoms with E-state index in [0.29, 0.717) is 25.4 Å². The average molecular weight is 319 g/mol. The average Bonchev–Trinajstić information content (AvgIpc) is 2.56. The van der Waals surface area contributed by atoms with Gasteiger partial charge in [0.15, 0.2) is 0 Å². The van der Waals surface area contributed by atoms with Crippen LogP contribution in [-0.4, -0.2) is 29.1 Å². The van der Waals surface area contributed by atoms with Crippen LogP contribution in [0.3, 0.4) is 0 Å². The van der Waals surface area contributed by atoms with Crippen molar-refractivity contribution < 1.29 is 19.4 Å². The molecular formula is C18H25NO4. The summed E-state index contributed by atoms with van der Waals surface area (Å²) in [6.07, 6.45) is 3.72. The van der Waals surface area contributed by atoms with E-state index in [4.69, 9.17) is 4.74 Å². The van der Waals surface area contributed by atoms with E-state index in [9.17, 15) is 14.7 Å². The highest BCUT2D eigenvalue weighted by atomic mass is 16.5. The molecule has 0 aromatic heterocycles. The van der Waals surface area contributed by atoms with Crippen LogP contribution in [0.2, 0.25) is 0 Å². The predicted octanol–water partition coefficient (Wildman–Crippen LogP) is 2.74. The smallest absolute Gasteiger partial charge is 0.329 e. The number of carbonyl (C=O) groups is 2. The fourth-order valence-corrected chi connectivity index (χ4v) is 3.11. The molecule has 1 fully saturated rings. The highest BCUT2D eigenvalue weighted by Crippen LogP contribution is 2.34. The van der Waals surface area contributed by atoms with Crippen molar-refractivity contribution in [2.24, 2.45) is 5.92 Å². The van der Waals surface area contributed by atoms with Gasteiger partial charge in [-0.2, -0.15) is 0 Å². The maximum atomic E-state index is 12.1. The molecule has 1 saturated carbocycles. The Hall–Kier alpha value is -1.88. The molecule has 0 atom stereocenters. The van der Waals surface area contributed by atoms with Gasteiger partial charge < -0.3 is 15.2 Å². The van der Waals surface area contributed by atoms with Crippen LogP contribution in [-0.2, 0) is 20.9 Å². The molecule has 1 aliphatic carbocycles. The summed E-state index contributed by atoms with van der Waals surface area (Å²) in [5.41, 5.74) is -0.143. The van der Waals surface area contributed by atoms with Gasteiger partial charge in [-0.05, 0) is 37.2 Å². The molecule has 2 N–H and O–H groups in total. The van der Waals surface area contributed by atoms with Gasteiger partial charge in [0.2, 0.25) is 5.91 Å². The van der Waals surface area contributed by atoms with E-state index in [1.54, 1.807) is 0 Å². The van der Waals surface area contributed by atoms with Gasteiger partial charge in [0.1, 0.15) is 12.1 Å². The van der Waals surface area contributed by atoms with Crippen molar-refractivity contribution >= 4 is 11.9 Å². The van der Waals surface area contributed by atoms with E-state index in [-0.39, 0.29) is 12.5 Å². The first-order valence-electron chi connectivity index (χ1n) is 8.22. The Balaban J connectivity index is 1.83. The lowest BCUT2D eigenvalue weighted by molar-refractivity contribution is -0.150. The van der Waals surface area contributed by atoms with Crippen LogP contribution in [0.5, 0.6) is 0 Å². The standard InChI is InChI=1S/C18H25NO4/c1-2-14-8-10-18(11-9-14,17(21)22)19-16(20)13-23-12-15-6-4-3-5-7-15/h3-7,14H,2,8-13H2,1H3,(H,19,20)(H,21,22). The molecule has 0 unspecified atom stereocenters. The van der Waals surface area contributed by atoms with Gasteiger partial charge in [0.25, 0.3) is 0 Å². The van der Waals surface area contributed by atoms with Crippen LogP contribution in [0, 0.1) is 5.92 Å². The topological polar surface area (TPSA) is 75.6 Å². The first kappa shape index (κ1) is 17.5. The van der Waals surface area contributed by atoms with Gasteiger partial charge in [-0.25, -0.2) is 4.79 Å². The third-order valence-corrected chi connectivity index (χ3v) is 4.67. The maximum Gasteiger partial charge on any atom is 0.329 e. The normalized spacial score (nSPS) is 24.1. The van der Waals surface area contributed by atoms with Crippen LogP contribution in [0.25, 0.3) is 0 Å². The number of hydrogen-bond acceptors (Lipinski definition) is 3. The molecule has 0 aliphatic heterocycles. The summed E-state index contributed by atoms with van der Waals surface area (Å²) in [6.45, 7) is 2.34. The summed E-state index contributed by atoms with van der Waals surface area (Å²) in [7, 11) is 0. The summed E-state index contributed by atoms with van der Waals surface area (Å²) in [5.74, 6) is -0.740. The zero-order valence-electron chi connectivity index (χ0n) is 13.6. The molecule has 0 saturated heterocycles. The number of ether oxygens (including phenoxy) is 1. The lowest BCUT2D eigenvalue weighted by Crippen LogP contribution is -2.57. The fraction of sp³-hybridized carbons (Fsp3) is 0.556. The number of carbonyl (C=O) groups excluding carboxylic acids is 1. The Morgan fingerprint density at radius 2 is 1.91 bits per heavy atom. The number of carboxylic acids is 1. The molecule has 2 rings (SSSR count). The zero-order chi connectivity index (χ0) is 16.7. The Labute approximate surface area is 137 Å². The fourth-order valence-electron chi connectivity index (χ4n) is 3.11. The van der Waals surface area contributed by atoms with Crippen molar-refractivity contribution in [2.45, 2.75) is 51.2 Å². The van der Waals surface area contributed by atoms with Gasteiger partial charge in [-0.1, -0.05) is 43.7 Å². The molecule has 126 valence electrons. The lowest BCUT2D eigenvalue weighted by atomic mass is 9.75. The molecule has 1 aromatic rings. The minimum Gasteiger partial charge on any atom is -0.480 e. The summed E-state index contributed by atoms with van der Waals surface area (Å²) < 4.78 is 5.39. The molecule has 23 heavy (non-hydrogen) atoms. The number of carboxylic acid groups (broad SMARTS) is 1. The van der Waals surface area contributed by atoms with Crippen molar-refractivity contribution in [1.29, 1.82) is 0 Å². The van der Waals surface area contributed by atoms with Gasteiger partial charge >= 0.3 is 5.97 Å². The molecule has 1 amide bonds. The van der Waals surface area contributed by atoms with Gasteiger partial charge in [-0.15, -0.1) is 0 Å². The van der Waals surface area contributed by atoms with Gasteiger partial charge in [0, 0.05) is 0 Å². The summed E-state index contributed by atoms with van der Waals surface area (Å²) in [4.78, 5) is 23.7. The van der Waals surface area contributed by atoms with Crippen molar-refractivity contribution in [3.05, 3.63) is 35.9 Å². The minimum absolute atomic E-state index is 0.124. The largest absolute Gasteiger partial charge is 0.480 e. The monoisotopic (exact) mass is 319 g/mol. The highest BCUT2D eigenvalue weighted by molar-refractivity contribution is 5.87. The summed E-state index contributed by atoms with van der Waals surface area (Å²) >= 11 is 0. The van der Waals surface area contributed by atoms with E-state index in [1.807, 2.05) is 30.3 Å². The second-order valence-electron chi connectivity index (χ2n) is 6.27. The van der Waals surface area contributed by atoms with Crippen molar-refractivity contribution in [2.75, 3.05) is 6.61 Å². The van der Waals surface area contributed by atoms with E-state index in [0.717, 1.165) is 24.8 Å². The Kier molecular flexibility index (Phi) is 6.16. The highest BCUT2D eigenvalue weighted by Gasteiger charge is 2.42. The van der Waals surface area contributed by atoms with Crippen LogP contribution < -0.4 is 5.32 Å². The molecule has 1 aromatic carbocycles. The second kappa shape index (κ2) is 8.11. The lowest BCUT2D eigenvalue weighted by Gasteiger charge is -2.37. The van der Waals surface area contributed by atoms with Crippen LogP contribution >= 0.6 is 0 Å². The Bertz CT molecular complexity index is 521. The predicted molar refractivity (Wildman–Crippen MR) is 86.9 cm³/mol. The molecule has 0 heterocycles. The van der Waals surface area contributed by atoms with Crippen molar-refractivity contribution in [3.8, 4) is 0 Å². The number of hydrogen-bond donors (Lipinski definition) is 2. The molecule has 0 bridgehead atoms. The number of nitrogens with one attached hydrogen (secondary N) is 1. The SMILES string of the molecule is CCC1CCC(NC(=O)COCc2ccccc2)(C(=O)O)CC1. The van der Waals surface area contributed by atoms with E-state index < -0.39 is 11.5 Å². The Morgan fingerprint density at radius 1 is 1.26 bits per heavy atom. The second-order valence-corrected chi connectivity index (χ2v) is 6.27. The van der Waals surface area contributed by atoms with E-state index >= 15 is 0 Å². The van der Waals surface area contributed by atoms with Crippen LogP contribution in [0.15, 0.2) is 30.3 Å². The third-order valence-electron chi connectivity index (χ3n) is 4.67. The number of amides is 1. The van der Waals surface area contributed by atoms with E-state index in [2.05, 4.69) is 12.2 Å². The minimum atomic E-state index is -1.13. The first-order chi connectivity index (χ1) is 11.1. The molecule has 5 heteroatoms. The van der Waals surface area contributed by atoms with Gasteiger partial charge in [0.05, 0.1) is 6.61 Å². The molecule has 1 aliphatic rings.